The molecule has 6 nitrogen and oxygen atoms in total. The summed E-state index contributed by atoms with van der Waals surface area (Å²) in [6.07, 6.45) is 6.28. The molecule has 200 valence electrons. The normalized spacial score (nSPS) is 25.2. The Hall–Kier alpha value is -2.65. The van der Waals surface area contributed by atoms with E-state index in [0.717, 1.165) is 40.4 Å². The van der Waals surface area contributed by atoms with Gasteiger partial charge in [0.1, 0.15) is 0 Å². The minimum Gasteiger partial charge on any atom is -0.504 e. The minimum atomic E-state index is -0.288. The van der Waals surface area contributed by atoms with Gasteiger partial charge < -0.3 is 14.6 Å². The van der Waals surface area contributed by atoms with Gasteiger partial charge in [-0.3, -0.25) is 14.5 Å². The topological polar surface area (TPSA) is 76.1 Å². The molecule has 0 spiro atoms. The predicted octanol–water partition coefficient (Wildman–Crippen LogP) is 6.07. The molecule has 3 aliphatic rings. The van der Waals surface area contributed by atoms with Crippen molar-refractivity contribution in [1.29, 1.82) is 0 Å². The second kappa shape index (κ2) is 11.2. The fourth-order valence-corrected chi connectivity index (χ4v) is 7.07. The summed E-state index contributed by atoms with van der Waals surface area (Å²) in [7, 11) is 3.17. The van der Waals surface area contributed by atoms with Gasteiger partial charge in [-0.25, -0.2) is 0 Å². The van der Waals surface area contributed by atoms with Crippen molar-refractivity contribution in [3.63, 3.8) is 0 Å². The number of ether oxygens (including phenoxy) is 2. The van der Waals surface area contributed by atoms with Crippen molar-refractivity contribution in [3.8, 4) is 11.5 Å². The van der Waals surface area contributed by atoms with Crippen molar-refractivity contribution in [2.75, 3.05) is 20.8 Å². The maximum atomic E-state index is 13.0. The van der Waals surface area contributed by atoms with E-state index in [2.05, 4.69) is 47.7 Å². The van der Waals surface area contributed by atoms with E-state index in [4.69, 9.17) is 9.47 Å². The highest BCUT2D eigenvalue weighted by Crippen LogP contribution is 2.50. The van der Waals surface area contributed by atoms with E-state index in [0.29, 0.717) is 18.8 Å². The van der Waals surface area contributed by atoms with Crippen LogP contribution < -0.4 is 4.74 Å². The molecule has 2 aromatic rings. The standard InChI is InChI=1S/C31H34INO5/c1-4-8-21-16-22-28(31(36)33(2)30(22)35)23-17-38-25(27(21)23)12-11-20(19-9-6-5-7-10-19)13-18-14-24(32)29(34)26(15-18)37-3/h5-7,9-10,13-15,22-23,25,28,34H,4,8,11-12,16-17H2,1-3H3/b20-13-/t22-,23+,25-,28-/m1/s1. The van der Waals surface area contributed by atoms with Crippen molar-refractivity contribution in [2.24, 2.45) is 17.8 Å². The van der Waals surface area contributed by atoms with E-state index in [-0.39, 0.29) is 41.4 Å². The lowest BCUT2D eigenvalue weighted by atomic mass is 9.68. The summed E-state index contributed by atoms with van der Waals surface area (Å²) in [5.74, 6) is -0.0280. The molecule has 0 bridgehead atoms. The van der Waals surface area contributed by atoms with Crippen LogP contribution in [0.4, 0.5) is 0 Å². The van der Waals surface area contributed by atoms with Gasteiger partial charge in [0.2, 0.25) is 11.8 Å². The lowest BCUT2D eigenvalue weighted by Crippen LogP contribution is -2.34. The zero-order chi connectivity index (χ0) is 27.0. The van der Waals surface area contributed by atoms with E-state index in [1.165, 1.54) is 21.6 Å². The summed E-state index contributed by atoms with van der Waals surface area (Å²) in [4.78, 5) is 27.2. The Balaban J connectivity index is 1.45. The number of benzene rings is 2. The molecule has 0 saturated carbocycles. The number of amides is 2. The fraction of sp³-hybridized carbons (Fsp3) is 0.419. The van der Waals surface area contributed by atoms with Crippen LogP contribution in [0.25, 0.3) is 11.6 Å². The SMILES string of the molecule is CCCC1=C2[C@@H](CC/C(=C/c3cc(I)c(O)c(OC)c3)c3ccccc3)OC[C@@H]2[C@@H]2C(=O)N(C)C(=O)[C@@H]2C1. The smallest absolute Gasteiger partial charge is 0.233 e. The number of phenolic OH excluding ortho intramolecular Hbond substituents is 1. The van der Waals surface area contributed by atoms with Crippen LogP contribution in [-0.2, 0) is 14.3 Å². The van der Waals surface area contributed by atoms with Crippen molar-refractivity contribution in [3.05, 3.63) is 68.3 Å². The zero-order valence-electron chi connectivity index (χ0n) is 22.1. The molecular weight excluding hydrogens is 593 g/mol. The second-order valence-corrected chi connectivity index (χ2v) is 11.6. The van der Waals surface area contributed by atoms with Crippen LogP contribution >= 0.6 is 22.6 Å². The summed E-state index contributed by atoms with van der Waals surface area (Å²) >= 11 is 2.12. The summed E-state index contributed by atoms with van der Waals surface area (Å²) in [6, 6.07) is 14.1. The molecule has 4 atom stereocenters. The van der Waals surface area contributed by atoms with Gasteiger partial charge in [-0.2, -0.15) is 0 Å². The van der Waals surface area contributed by atoms with Gasteiger partial charge in [0.15, 0.2) is 11.5 Å². The second-order valence-electron chi connectivity index (χ2n) is 10.4. The van der Waals surface area contributed by atoms with Crippen LogP contribution in [0.1, 0.15) is 50.2 Å². The first-order valence-electron chi connectivity index (χ1n) is 13.3. The molecule has 2 aliphatic heterocycles. The first-order valence-corrected chi connectivity index (χ1v) is 14.4. The van der Waals surface area contributed by atoms with Crippen LogP contribution in [0.5, 0.6) is 11.5 Å². The highest BCUT2D eigenvalue weighted by atomic mass is 127. The number of fused-ring (bicyclic) bond motifs is 3. The highest BCUT2D eigenvalue weighted by Gasteiger charge is 2.55. The molecule has 2 heterocycles. The molecule has 38 heavy (non-hydrogen) atoms. The highest BCUT2D eigenvalue weighted by molar-refractivity contribution is 14.1. The van der Waals surface area contributed by atoms with Crippen LogP contribution in [0.15, 0.2) is 53.6 Å². The van der Waals surface area contributed by atoms with Gasteiger partial charge in [0.25, 0.3) is 0 Å². The number of aromatic hydroxyl groups is 1. The van der Waals surface area contributed by atoms with Crippen LogP contribution in [0.2, 0.25) is 0 Å². The molecule has 2 fully saturated rings. The van der Waals surface area contributed by atoms with Gasteiger partial charge >= 0.3 is 0 Å². The quantitative estimate of drug-likeness (QED) is 0.167. The van der Waals surface area contributed by atoms with Crippen LogP contribution in [-0.4, -0.2) is 48.7 Å². The molecule has 2 saturated heterocycles. The number of halogens is 1. The number of hydrogen-bond donors (Lipinski definition) is 1. The number of phenols is 1. The van der Waals surface area contributed by atoms with E-state index in [9.17, 15) is 14.7 Å². The van der Waals surface area contributed by atoms with Gasteiger partial charge in [-0.05, 0) is 82.7 Å². The lowest BCUT2D eigenvalue weighted by Gasteiger charge is -2.32. The number of nitrogens with zero attached hydrogens (tertiary/aromatic N) is 1. The van der Waals surface area contributed by atoms with Gasteiger partial charge in [-0.15, -0.1) is 0 Å². The van der Waals surface area contributed by atoms with Crippen molar-refractivity contribution < 1.29 is 24.2 Å². The summed E-state index contributed by atoms with van der Waals surface area (Å²) in [6.45, 7) is 2.66. The summed E-state index contributed by atoms with van der Waals surface area (Å²) < 4.78 is 12.5. The maximum absolute atomic E-state index is 13.0. The first-order chi connectivity index (χ1) is 18.3. The summed E-state index contributed by atoms with van der Waals surface area (Å²) in [5, 5.41) is 10.3. The average molecular weight is 628 g/mol. The number of likely N-dealkylation sites (tertiary alicyclic amines) is 1. The minimum absolute atomic E-state index is 0.00575. The van der Waals surface area contributed by atoms with Crippen molar-refractivity contribution in [2.45, 2.75) is 45.1 Å². The number of carbonyl (C=O) groups excluding carboxylic acids is 2. The van der Waals surface area contributed by atoms with Crippen molar-refractivity contribution >= 4 is 46.1 Å². The molecule has 2 amide bonds. The molecular formula is C31H34INO5. The Bertz CT molecular complexity index is 1300. The number of hydrogen-bond acceptors (Lipinski definition) is 5. The van der Waals surface area contributed by atoms with Gasteiger partial charge in [-0.1, -0.05) is 55.3 Å². The monoisotopic (exact) mass is 627 g/mol. The number of allylic oxidation sites excluding steroid dienone is 2. The van der Waals surface area contributed by atoms with Crippen LogP contribution in [0.3, 0.4) is 0 Å². The Morgan fingerprint density at radius 2 is 1.95 bits per heavy atom. The molecule has 7 heteroatoms. The molecule has 1 N–H and O–H groups in total. The molecule has 0 unspecified atom stereocenters. The van der Waals surface area contributed by atoms with Crippen molar-refractivity contribution in [1.82, 2.24) is 4.90 Å². The van der Waals surface area contributed by atoms with Gasteiger partial charge in [0, 0.05) is 13.0 Å². The zero-order valence-corrected chi connectivity index (χ0v) is 24.2. The average Bonchev–Trinajstić information content (AvgIpc) is 3.44. The third-order valence-electron chi connectivity index (χ3n) is 8.21. The Morgan fingerprint density at radius 1 is 1.18 bits per heavy atom. The Labute approximate surface area is 237 Å². The molecule has 2 aromatic carbocycles. The van der Waals surface area contributed by atoms with Gasteiger partial charge in [0.05, 0.1) is 35.2 Å². The van der Waals surface area contributed by atoms with E-state index >= 15 is 0 Å². The fourth-order valence-electron chi connectivity index (χ4n) is 6.44. The Kier molecular flexibility index (Phi) is 7.95. The molecule has 1 aliphatic carbocycles. The third-order valence-corrected chi connectivity index (χ3v) is 9.03. The number of methoxy groups -OCH3 is 1. The number of carbonyl (C=O) groups is 2. The number of rotatable bonds is 8. The first kappa shape index (κ1) is 26.9. The summed E-state index contributed by atoms with van der Waals surface area (Å²) in [5.41, 5.74) is 5.85. The van der Waals surface area contributed by atoms with Crippen LogP contribution in [0, 0.1) is 21.3 Å². The largest absolute Gasteiger partial charge is 0.504 e. The molecule has 5 rings (SSSR count). The molecule has 0 aromatic heterocycles. The molecule has 0 radical (unpaired) electrons. The van der Waals surface area contributed by atoms with E-state index in [1.54, 1.807) is 14.2 Å². The van der Waals surface area contributed by atoms with E-state index in [1.807, 2.05) is 30.3 Å². The third kappa shape index (κ3) is 4.91. The maximum Gasteiger partial charge on any atom is 0.233 e. The predicted molar refractivity (Wildman–Crippen MR) is 155 cm³/mol. The number of imide groups is 1. The Morgan fingerprint density at radius 3 is 2.66 bits per heavy atom. The lowest BCUT2D eigenvalue weighted by molar-refractivity contribution is -0.138. The van der Waals surface area contributed by atoms with E-state index < -0.39 is 0 Å².